The van der Waals surface area contributed by atoms with Gasteiger partial charge >= 0.3 is 5.97 Å². The molecule has 0 aromatic rings. The molecule has 0 radical (unpaired) electrons. The van der Waals surface area contributed by atoms with Gasteiger partial charge in [-0.1, -0.05) is 98.4 Å². The number of rotatable bonds is 13. The molecule has 2 saturated carbocycles. The van der Waals surface area contributed by atoms with Gasteiger partial charge in [-0.15, -0.1) is 0 Å². The molecule has 2 fully saturated rings. The van der Waals surface area contributed by atoms with E-state index < -0.39 is 5.97 Å². The van der Waals surface area contributed by atoms with E-state index in [1.165, 1.54) is 64.2 Å². The van der Waals surface area contributed by atoms with Gasteiger partial charge in [-0.3, -0.25) is 4.79 Å². The second kappa shape index (κ2) is 18.0. The summed E-state index contributed by atoms with van der Waals surface area (Å²) < 4.78 is 1.89. The predicted molar refractivity (Wildman–Crippen MR) is 164 cm³/mol. The van der Waals surface area contributed by atoms with Crippen LogP contribution in [0.2, 0.25) is 0 Å². The Morgan fingerprint density at radius 1 is 0.853 bits per heavy atom. The number of carboxylic acids is 1. The highest BCUT2D eigenvalue weighted by Crippen LogP contribution is 2.38. The molecule has 1 N–H and O–H groups in total. The lowest BCUT2D eigenvalue weighted by Crippen LogP contribution is -2.39. The molecule has 1 unspecified atom stereocenters. The fourth-order valence-corrected chi connectivity index (χ4v) is 11.2. The first-order valence-electron chi connectivity index (χ1n) is 12.9. The number of carboxylic acid groups (broad SMARTS) is 1. The lowest BCUT2D eigenvalue weighted by Gasteiger charge is -2.36. The Labute approximate surface area is 234 Å². The van der Waals surface area contributed by atoms with Crippen LogP contribution >= 0.6 is 67.6 Å². The summed E-state index contributed by atoms with van der Waals surface area (Å²) in [5.41, 5.74) is 0. The molecule has 0 bridgehead atoms. The Morgan fingerprint density at radius 3 is 1.76 bits per heavy atom. The monoisotopic (exact) mass is 582 g/mol. The summed E-state index contributed by atoms with van der Waals surface area (Å²) >= 11 is 11.6. The maximum absolute atomic E-state index is 11.5. The van der Waals surface area contributed by atoms with Crippen LogP contribution in [0.5, 0.6) is 0 Å². The Balaban J connectivity index is 1.85. The quantitative estimate of drug-likeness (QED) is 0.170. The fourth-order valence-electron chi connectivity index (χ4n) is 4.79. The molecule has 0 aromatic carbocycles. The standard InChI is InChI=1S/C24H42N2O2S6/c1-3-15-25(19-11-7-5-8-12-19)23(29)33-31-18-21(17-22(27)28)32-34-24(30)26(16-4-2)20-13-9-6-10-14-20/h19-21H,3-18H2,1-2H3,(H,27,28). The minimum Gasteiger partial charge on any atom is -0.481 e. The molecule has 0 aromatic heterocycles. The van der Waals surface area contributed by atoms with Gasteiger partial charge in [0, 0.05) is 36.2 Å². The van der Waals surface area contributed by atoms with E-state index in [4.69, 9.17) is 24.4 Å². The van der Waals surface area contributed by atoms with Crippen LogP contribution in [0, 0.1) is 0 Å². The highest BCUT2D eigenvalue weighted by atomic mass is 33.1. The van der Waals surface area contributed by atoms with E-state index >= 15 is 0 Å². The second-order valence-corrected chi connectivity index (χ2v) is 15.4. The van der Waals surface area contributed by atoms with Crippen LogP contribution in [0.1, 0.15) is 97.3 Å². The summed E-state index contributed by atoms with van der Waals surface area (Å²) in [4.78, 5) is 16.4. The lowest BCUT2D eigenvalue weighted by atomic mass is 9.94. The number of aliphatic carboxylic acids is 1. The minimum atomic E-state index is -0.746. The summed E-state index contributed by atoms with van der Waals surface area (Å²) in [6, 6.07) is 1.13. The van der Waals surface area contributed by atoms with Gasteiger partial charge in [0.05, 0.1) is 6.42 Å². The first-order chi connectivity index (χ1) is 16.5. The zero-order chi connectivity index (χ0) is 24.8. The SMILES string of the molecule is CCCN(C(=S)SSCC(CC(=O)O)SSC(=S)N(CCC)C1CCCCC1)C1CCCCC1. The summed E-state index contributed by atoms with van der Waals surface area (Å²) in [6.07, 6.45) is 15.1. The molecule has 0 heterocycles. The molecule has 2 aliphatic rings. The number of hydrogen-bond donors (Lipinski definition) is 1. The van der Waals surface area contributed by atoms with Crippen molar-refractivity contribution in [3.8, 4) is 0 Å². The van der Waals surface area contributed by atoms with Crippen molar-refractivity contribution >= 4 is 82.2 Å². The van der Waals surface area contributed by atoms with Gasteiger partial charge in [-0.05, 0) is 60.1 Å². The maximum atomic E-state index is 11.5. The largest absolute Gasteiger partial charge is 0.481 e. The molecule has 0 aliphatic heterocycles. The average molecular weight is 583 g/mol. The fraction of sp³-hybridized carbons (Fsp3) is 0.875. The van der Waals surface area contributed by atoms with Crippen LogP contribution in [0.25, 0.3) is 0 Å². The van der Waals surface area contributed by atoms with Crippen molar-refractivity contribution in [3.63, 3.8) is 0 Å². The molecule has 2 rings (SSSR count). The summed E-state index contributed by atoms with van der Waals surface area (Å²) in [7, 11) is 6.61. The molecule has 2 aliphatic carbocycles. The Morgan fingerprint density at radius 2 is 1.32 bits per heavy atom. The van der Waals surface area contributed by atoms with Crippen molar-refractivity contribution in [2.45, 2.75) is 115 Å². The molecule has 0 saturated heterocycles. The minimum absolute atomic E-state index is 0.00453. The van der Waals surface area contributed by atoms with E-state index in [9.17, 15) is 9.90 Å². The molecular weight excluding hydrogens is 541 g/mol. The van der Waals surface area contributed by atoms with Crippen LogP contribution in [0.15, 0.2) is 0 Å². The summed E-state index contributed by atoms with van der Waals surface area (Å²) in [5.74, 6) is 0.00359. The first-order valence-corrected chi connectivity index (χ1v) is 18.3. The topological polar surface area (TPSA) is 43.8 Å². The zero-order valence-corrected chi connectivity index (χ0v) is 25.6. The van der Waals surface area contributed by atoms with Crippen molar-refractivity contribution in [2.75, 3.05) is 18.8 Å². The third kappa shape index (κ3) is 11.4. The molecule has 4 nitrogen and oxygen atoms in total. The van der Waals surface area contributed by atoms with Gasteiger partial charge in [-0.2, -0.15) is 0 Å². The molecule has 1 atom stereocenters. The van der Waals surface area contributed by atoms with Crippen molar-refractivity contribution < 1.29 is 9.90 Å². The average Bonchev–Trinajstić information content (AvgIpc) is 2.84. The molecule has 196 valence electrons. The van der Waals surface area contributed by atoms with Gasteiger partial charge in [0.15, 0.2) is 0 Å². The smallest absolute Gasteiger partial charge is 0.304 e. The summed E-state index contributed by atoms with van der Waals surface area (Å²) in [6.45, 7) is 6.43. The van der Waals surface area contributed by atoms with Crippen molar-refractivity contribution in [1.82, 2.24) is 9.80 Å². The number of hydrogen-bond acceptors (Lipinski definition) is 7. The number of thiocarbonyl (C=S) groups is 2. The normalized spacial score (nSPS) is 18.4. The molecule has 34 heavy (non-hydrogen) atoms. The molecular formula is C24H42N2O2S6. The Hall–Kier alpha value is 0.650. The second-order valence-electron chi connectivity index (χ2n) is 9.27. The maximum Gasteiger partial charge on any atom is 0.304 e. The summed E-state index contributed by atoms with van der Waals surface area (Å²) in [5, 5.41) is 9.47. The van der Waals surface area contributed by atoms with Crippen molar-refractivity contribution in [3.05, 3.63) is 0 Å². The van der Waals surface area contributed by atoms with Gasteiger partial charge in [0.25, 0.3) is 0 Å². The molecule has 0 amide bonds. The van der Waals surface area contributed by atoms with Gasteiger partial charge in [0.1, 0.15) is 8.64 Å². The van der Waals surface area contributed by atoms with Crippen LogP contribution in [0.4, 0.5) is 0 Å². The van der Waals surface area contributed by atoms with Crippen LogP contribution in [-0.2, 0) is 4.79 Å². The highest BCUT2D eigenvalue weighted by Gasteiger charge is 2.26. The van der Waals surface area contributed by atoms with Crippen LogP contribution in [-0.4, -0.2) is 65.7 Å². The number of carbonyl (C=O) groups is 1. The highest BCUT2D eigenvalue weighted by molar-refractivity contribution is 8.85. The van der Waals surface area contributed by atoms with E-state index in [0.29, 0.717) is 12.1 Å². The van der Waals surface area contributed by atoms with Gasteiger partial charge in [-0.25, -0.2) is 0 Å². The van der Waals surface area contributed by atoms with Crippen LogP contribution in [0.3, 0.4) is 0 Å². The van der Waals surface area contributed by atoms with E-state index in [0.717, 1.165) is 40.3 Å². The molecule has 10 heteroatoms. The van der Waals surface area contributed by atoms with E-state index in [-0.39, 0.29) is 11.7 Å². The molecule has 0 spiro atoms. The van der Waals surface area contributed by atoms with E-state index in [1.807, 2.05) is 0 Å². The lowest BCUT2D eigenvalue weighted by molar-refractivity contribution is -0.136. The Bertz CT molecular complexity index is 627. The van der Waals surface area contributed by atoms with Crippen molar-refractivity contribution in [1.29, 1.82) is 0 Å². The van der Waals surface area contributed by atoms with E-state index in [1.54, 1.807) is 43.2 Å². The van der Waals surface area contributed by atoms with Gasteiger partial charge < -0.3 is 14.9 Å². The van der Waals surface area contributed by atoms with E-state index in [2.05, 4.69) is 23.6 Å². The first kappa shape index (κ1) is 30.9. The van der Waals surface area contributed by atoms with Crippen LogP contribution < -0.4 is 0 Å². The number of nitrogens with zero attached hydrogens (tertiary/aromatic N) is 2. The van der Waals surface area contributed by atoms with Crippen molar-refractivity contribution in [2.24, 2.45) is 0 Å². The predicted octanol–water partition coefficient (Wildman–Crippen LogP) is 8.25. The third-order valence-electron chi connectivity index (χ3n) is 6.47. The third-order valence-corrected chi connectivity index (χ3v) is 13.2. The van der Waals surface area contributed by atoms with Gasteiger partial charge in [0.2, 0.25) is 0 Å². The Kier molecular flexibility index (Phi) is 16.3. The zero-order valence-electron chi connectivity index (χ0n) is 20.7.